The van der Waals surface area contributed by atoms with E-state index in [4.69, 9.17) is 0 Å². The normalized spacial score (nSPS) is 15.5. The lowest BCUT2D eigenvalue weighted by Crippen LogP contribution is -2.38. The van der Waals surface area contributed by atoms with Crippen molar-refractivity contribution in [1.82, 2.24) is 10.6 Å². The zero-order chi connectivity index (χ0) is 13.0. The molecule has 0 atom stereocenters. The van der Waals surface area contributed by atoms with Crippen LogP contribution in [0.3, 0.4) is 0 Å². The Hall–Kier alpha value is -0.580. The molecule has 5 heteroatoms. The zero-order valence-corrected chi connectivity index (χ0v) is 13.4. The van der Waals surface area contributed by atoms with Crippen molar-refractivity contribution in [3.63, 3.8) is 0 Å². The number of carbonyl (C=O) groups is 1. The first-order chi connectivity index (χ1) is 8.69. The molecule has 106 valence electrons. The van der Waals surface area contributed by atoms with Gasteiger partial charge in [-0.25, -0.2) is 0 Å². The summed E-state index contributed by atoms with van der Waals surface area (Å²) in [5, 5.41) is 6.22. The van der Waals surface area contributed by atoms with E-state index < -0.39 is 0 Å². The summed E-state index contributed by atoms with van der Waals surface area (Å²) in [6, 6.07) is 8.08. The summed E-state index contributed by atoms with van der Waals surface area (Å²) in [7, 11) is 0. The van der Waals surface area contributed by atoms with Crippen LogP contribution >= 0.6 is 28.3 Å². The Balaban J connectivity index is 0.00000180. The number of halogens is 2. The van der Waals surface area contributed by atoms with E-state index in [1.807, 2.05) is 18.2 Å². The van der Waals surface area contributed by atoms with Crippen LogP contribution in [0.25, 0.3) is 0 Å². The number of nitrogens with one attached hydrogen (secondary N) is 2. The molecule has 1 saturated carbocycles. The lowest BCUT2D eigenvalue weighted by molar-refractivity contribution is -0.123. The van der Waals surface area contributed by atoms with E-state index in [1.165, 1.54) is 0 Å². The van der Waals surface area contributed by atoms with Crippen LogP contribution in [0.5, 0.6) is 0 Å². The Morgan fingerprint density at radius 1 is 1.37 bits per heavy atom. The molecule has 0 heterocycles. The fraction of sp³-hybridized carbons (Fsp3) is 0.500. The molecule has 0 aliphatic heterocycles. The average Bonchev–Trinajstić information content (AvgIpc) is 3.16. The summed E-state index contributed by atoms with van der Waals surface area (Å²) >= 11 is 3.46. The Morgan fingerprint density at radius 3 is 2.68 bits per heavy atom. The molecular weight excluding hydrogens is 328 g/mol. The summed E-state index contributed by atoms with van der Waals surface area (Å²) in [6.07, 6.45) is 1.91. The summed E-state index contributed by atoms with van der Waals surface area (Å²) in [5.41, 5.74) is 0.855. The third-order valence-electron chi connectivity index (χ3n) is 3.40. The highest BCUT2D eigenvalue weighted by atomic mass is 79.9. The number of carbonyl (C=O) groups excluding carboxylic acids is 1. The molecule has 1 aliphatic rings. The molecule has 1 aliphatic carbocycles. The third-order valence-corrected chi connectivity index (χ3v) is 3.89. The van der Waals surface area contributed by atoms with Crippen LogP contribution in [-0.4, -0.2) is 25.5 Å². The molecule has 0 aromatic heterocycles. The number of likely N-dealkylation sites (N-methyl/N-ethyl adjacent to an activating group) is 1. The van der Waals surface area contributed by atoms with Crippen LogP contribution in [0.15, 0.2) is 28.7 Å². The second-order valence-corrected chi connectivity index (χ2v) is 5.62. The van der Waals surface area contributed by atoms with Crippen molar-refractivity contribution < 1.29 is 4.79 Å². The molecule has 19 heavy (non-hydrogen) atoms. The van der Waals surface area contributed by atoms with Gasteiger partial charge >= 0.3 is 0 Å². The second kappa shape index (κ2) is 7.27. The monoisotopic (exact) mass is 346 g/mol. The fourth-order valence-electron chi connectivity index (χ4n) is 2.17. The van der Waals surface area contributed by atoms with Crippen LogP contribution in [0.4, 0.5) is 0 Å². The van der Waals surface area contributed by atoms with E-state index in [-0.39, 0.29) is 23.7 Å². The van der Waals surface area contributed by atoms with Gasteiger partial charge in [-0.05, 0) is 37.1 Å². The summed E-state index contributed by atoms with van der Waals surface area (Å²) in [6.45, 7) is 4.53. The highest BCUT2D eigenvalue weighted by molar-refractivity contribution is 9.10. The zero-order valence-electron chi connectivity index (χ0n) is 11.0. The number of amides is 1. The highest BCUT2D eigenvalue weighted by Crippen LogP contribution is 2.48. The number of benzene rings is 1. The van der Waals surface area contributed by atoms with E-state index in [2.05, 4.69) is 39.6 Å². The summed E-state index contributed by atoms with van der Waals surface area (Å²) in [4.78, 5) is 12.2. The van der Waals surface area contributed by atoms with Gasteiger partial charge in [-0.1, -0.05) is 35.0 Å². The Morgan fingerprint density at radius 2 is 2.11 bits per heavy atom. The van der Waals surface area contributed by atoms with Gasteiger partial charge in [0.05, 0.1) is 5.41 Å². The lowest BCUT2D eigenvalue weighted by atomic mass is 9.95. The largest absolute Gasteiger partial charge is 0.354 e. The molecule has 1 aromatic rings. The molecule has 0 unspecified atom stereocenters. The third kappa shape index (κ3) is 3.94. The van der Waals surface area contributed by atoms with Gasteiger partial charge in [-0.3, -0.25) is 4.79 Å². The first-order valence-electron chi connectivity index (χ1n) is 6.44. The van der Waals surface area contributed by atoms with Crippen molar-refractivity contribution in [2.24, 2.45) is 0 Å². The topological polar surface area (TPSA) is 41.1 Å². The average molecular weight is 348 g/mol. The first kappa shape index (κ1) is 16.5. The van der Waals surface area contributed by atoms with E-state index in [1.54, 1.807) is 0 Å². The van der Waals surface area contributed by atoms with Gasteiger partial charge in [0.1, 0.15) is 0 Å². The Kier molecular flexibility index (Phi) is 6.30. The predicted octanol–water partition coefficient (Wildman–Crippen LogP) is 2.63. The lowest BCUT2D eigenvalue weighted by Gasteiger charge is -2.16. The van der Waals surface area contributed by atoms with Gasteiger partial charge in [-0.15, -0.1) is 12.4 Å². The van der Waals surface area contributed by atoms with Gasteiger partial charge in [0, 0.05) is 17.6 Å². The summed E-state index contributed by atoms with van der Waals surface area (Å²) < 4.78 is 1.03. The molecule has 1 fully saturated rings. The van der Waals surface area contributed by atoms with Crippen LogP contribution in [0.1, 0.15) is 25.3 Å². The molecule has 2 rings (SSSR count). The first-order valence-corrected chi connectivity index (χ1v) is 7.23. The van der Waals surface area contributed by atoms with Crippen LogP contribution in [0.2, 0.25) is 0 Å². The van der Waals surface area contributed by atoms with Gasteiger partial charge in [-0.2, -0.15) is 0 Å². The molecule has 0 spiro atoms. The van der Waals surface area contributed by atoms with Crippen molar-refractivity contribution >= 4 is 34.2 Å². The van der Waals surface area contributed by atoms with E-state index >= 15 is 0 Å². The van der Waals surface area contributed by atoms with Gasteiger partial charge < -0.3 is 10.6 Å². The smallest absolute Gasteiger partial charge is 0.230 e. The second-order valence-electron chi connectivity index (χ2n) is 4.70. The molecule has 0 radical (unpaired) electrons. The minimum absolute atomic E-state index is 0. The van der Waals surface area contributed by atoms with Crippen molar-refractivity contribution in [2.75, 3.05) is 19.6 Å². The predicted molar refractivity (Wildman–Crippen MR) is 83.9 cm³/mol. The van der Waals surface area contributed by atoms with Crippen molar-refractivity contribution in [3.05, 3.63) is 34.3 Å². The van der Waals surface area contributed by atoms with Crippen LogP contribution < -0.4 is 10.6 Å². The van der Waals surface area contributed by atoms with Gasteiger partial charge in [0.15, 0.2) is 0 Å². The molecule has 3 nitrogen and oxygen atoms in total. The molecular formula is C14H20BrClN2O. The maximum absolute atomic E-state index is 12.2. The van der Waals surface area contributed by atoms with Crippen LogP contribution in [0, 0.1) is 0 Å². The SMILES string of the molecule is CCNCCNC(=O)C1(c2cccc(Br)c2)CC1.Cl. The van der Waals surface area contributed by atoms with E-state index in [0.29, 0.717) is 6.54 Å². The quantitative estimate of drug-likeness (QED) is 0.777. The van der Waals surface area contributed by atoms with Crippen molar-refractivity contribution in [1.29, 1.82) is 0 Å². The minimum atomic E-state index is -0.268. The van der Waals surface area contributed by atoms with E-state index in [0.717, 1.165) is 36.0 Å². The van der Waals surface area contributed by atoms with Crippen LogP contribution in [-0.2, 0) is 10.2 Å². The molecule has 1 amide bonds. The molecule has 2 N–H and O–H groups in total. The van der Waals surface area contributed by atoms with E-state index in [9.17, 15) is 4.79 Å². The number of hydrogen-bond acceptors (Lipinski definition) is 2. The van der Waals surface area contributed by atoms with Crippen molar-refractivity contribution in [2.45, 2.75) is 25.2 Å². The number of hydrogen-bond donors (Lipinski definition) is 2. The molecule has 1 aromatic carbocycles. The van der Waals surface area contributed by atoms with Gasteiger partial charge in [0.2, 0.25) is 5.91 Å². The van der Waals surface area contributed by atoms with Gasteiger partial charge in [0.25, 0.3) is 0 Å². The fourth-order valence-corrected chi connectivity index (χ4v) is 2.57. The number of rotatable bonds is 6. The standard InChI is InChI=1S/C14H19BrN2O.ClH/c1-2-16-8-9-17-13(18)14(6-7-14)11-4-3-5-12(15)10-11;/h3-5,10,16H,2,6-9H2,1H3,(H,17,18);1H. The Bertz CT molecular complexity index is 435. The van der Waals surface area contributed by atoms with Crippen molar-refractivity contribution in [3.8, 4) is 0 Å². The Labute approximate surface area is 129 Å². The maximum atomic E-state index is 12.2. The maximum Gasteiger partial charge on any atom is 0.230 e. The molecule has 0 bridgehead atoms. The summed E-state index contributed by atoms with van der Waals surface area (Å²) in [5.74, 6) is 0.165. The molecule has 0 saturated heterocycles. The highest BCUT2D eigenvalue weighted by Gasteiger charge is 2.51. The minimum Gasteiger partial charge on any atom is -0.354 e.